The number of methoxy groups -OCH3 is 1. The number of imidazole rings is 1. The third kappa shape index (κ3) is 10.4. The first-order valence-electron chi connectivity index (χ1n) is 17.5. The molecule has 0 aromatic carbocycles. The number of hydrogen-bond donors (Lipinski definition) is 2. The van der Waals surface area contributed by atoms with Crippen molar-refractivity contribution in [3.05, 3.63) is 45.8 Å². The molecule has 3 aromatic heterocycles. The van der Waals surface area contributed by atoms with Crippen LogP contribution >= 0.6 is 26.0 Å². The molecule has 58 heavy (non-hydrogen) atoms. The number of nitrogens with zero attached hydrogens (tertiary/aromatic N) is 5. The highest BCUT2D eigenvalue weighted by Crippen LogP contribution is 2.64. The highest BCUT2D eigenvalue weighted by atomic mass is 32.7. The third-order valence-electron chi connectivity index (χ3n) is 8.31. The summed E-state index contributed by atoms with van der Waals surface area (Å²) < 4.78 is 99.0. The van der Waals surface area contributed by atoms with E-state index in [1.165, 1.54) is 24.3 Å². The zero-order valence-electron chi connectivity index (χ0n) is 31.5. The number of aromatic nitrogens is 6. The fraction of sp³-hybridized carbons (Fsp3) is 0.633. The van der Waals surface area contributed by atoms with Gasteiger partial charge in [-0.1, -0.05) is 0 Å². The van der Waals surface area contributed by atoms with Crippen LogP contribution < -0.4 is 17.0 Å². The topological polar surface area (TPSA) is 304 Å². The number of carbonyl (C=O) groups is 2. The maximum absolute atomic E-state index is 14.7. The van der Waals surface area contributed by atoms with Crippen LogP contribution in [0.1, 0.15) is 46.6 Å². The molecule has 0 aliphatic carbocycles. The lowest BCUT2D eigenvalue weighted by atomic mass is 10.1. The van der Waals surface area contributed by atoms with Crippen LogP contribution in [0.2, 0.25) is 0 Å². The highest BCUT2D eigenvalue weighted by molar-refractivity contribution is 8.55. The van der Waals surface area contributed by atoms with Crippen molar-refractivity contribution >= 4 is 55.3 Å². The van der Waals surface area contributed by atoms with Crippen LogP contribution in [0.4, 0.5) is 15.4 Å². The molecule has 0 radical (unpaired) electrons. The van der Waals surface area contributed by atoms with E-state index in [0.29, 0.717) is 11.4 Å². The van der Waals surface area contributed by atoms with Crippen molar-refractivity contribution in [3.8, 4) is 0 Å². The van der Waals surface area contributed by atoms with Crippen molar-refractivity contribution < 1.29 is 74.5 Å². The Balaban J connectivity index is 1.34. The smallest absolute Gasteiger partial charge is 0.432 e. The molecule has 28 heteroatoms. The van der Waals surface area contributed by atoms with Crippen LogP contribution in [0.25, 0.3) is 11.2 Å². The first kappa shape index (κ1) is 43.6. The van der Waals surface area contributed by atoms with Crippen molar-refractivity contribution in [2.24, 2.45) is 0 Å². The summed E-state index contributed by atoms with van der Waals surface area (Å²) in [5.74, 6) is -0.490. The monoisotopic (exact) mass is 881 g/mol. The molecule has 6 rings (SSSR count). The highest BCUT2D eigenvalue weighted by Gasteiger charge is 2.53. The standard InChI is InChI=1S/C30H41N7O18P2S/c1-15(2)50-29(40)45-13-49-56(42)47-10-19-23(24(44-5)27(53-19)36-7-6-20(38)35-28(36)39)55-57(43,58-14-46-30(41)51-16(3)4)48-9-18-17(54-56)8-21(52-18)37-12-34-22-25(31)32-11-33-26(22)37/h6-7,11-12,15-19,21,23-24,27H,8-10,13-14H2,1-5H3,(H2,31,32,33)(H,35,38,39)/t17-,18+,19+,21+,23+,24+,27+,56?,57?/m0/s1. The van der Waals surface area contributed by atoms with Crippen molar-refractivity contribution in [1.29, 1.82) is 0 Å². The molecule has 3 aliphatic heterocycles. The lowest BCUT2D eigenvalue weighted by Gasteiger charge is -2.30. The number of aromatic amines is 1. The van der Waals surface area contributed by atoms with E-state index in [9.17, 15) is 28.3 Å². The summed E-state index contributed by atoms with van der Waals surface area (Å²) in [7, 11) is -3.58. The molecular formula is C30H41N7O18P2S. The van der Waals surface area contributed by atoms with Gasteiger partial charge in [0.05, 0.1) is 31.7 Å². The number of hydrogen-bond acceptors (Lipinski definition) is 23. The zero-order valence-corrected chi connectivity index (χ0v) is 34.1. The number of carbonyl (C=O) groups excluding carboxylic acids is 2. The number of phosphoric acid groups is 1. The van der Waals surface area contributed by atoms with Gasteiger partial charge in [0.25, 0.3) is 5.56 Å². The molecule has 0 bridgehead atoms. The van der Waals surface area contributed by atoms with E-state index < -0.39 is 119 Å². The predicted molar refractivity (Wildman–Crippen MR) is 195 cm³/mol. The third-order valence-corrected chi connectivity index (χ3v) is 13.1. The van der Waals surface area contributed by atoms with Crippen LogP contribution in [0.3, 0.4) is 0 Å². The van der Waals surface area contributed by atoms with Crippen LogP contribution in [0, 0.1) is 0 Å². The number of fused-ring (bicyclic) bond motifs is 3. The summed E-state index contributed by atoms with van der Waals surface area (Å²) in [6.07, 6.45) is -8.50. The molecule has 3 saturated heterocycles. The Morgan fingerprint density at radius 2 is 1.69 bits per heavy atom. The van der Waals surface area contributed by atoms with Gasteiger partial charge in [0.2, 0.25) is 6.79 Å². The lowest BCUT2D eigenvalue weighted by molar-refractivity contribution is -0.0745. The minimum atomic E-state index is -4.82. The summed E-state index contributed by atoms with van der Waals surface area (Å²) in [6.45, 7) is -0.398. The average molecular weight is 882 g/mol. The first-order valence-corrected chi connectivity index (χ1v) is 22.1. The summed E-state index contributed by atoms with van der Waals surface area (Å²) in [6, 6.07) is 1.05. The Morgan fingerprint density at radius 3 is 2.40 bits per heavy atom. The maximum atomic E-state index is 14.7. The fourth-order valence-electron chi connectivity index (χ4n) is 5.86. The maximum Gasteiger partial charge on any atom is 0.510 e. The minimum absolute atomic E-state index is 0.0929. The van der Waals surface area contributed by atoms with Crippen molar-refractivity contribution in [3.63, 3.8) is 0 Å². The molecule has 3 N–H and O–H groups in total. The second-order valence-corrected chi connectivity index (χ2v) is 18.6. The van der Waals surface area contributed by atoms with Gasteiger partial charge in [0.15, 0.2) is 23.6 Å². The predicted octanol–water partition coefficient (Wildman–Crippen LogP) is 2.98. The number of nitrogens with two attached hydrogens (primary N) is 1. The van der Waals surface area contributed by atoms with E-state index >= 15 is 0 Å². The number of anilines is 1. The SMILES string of the molecule is CO[C@@H]1[C@@H]2OP(=O)(SCOC(=O)OC(C)C)OC[C@H]3O[C@@H](n4cnc5c(N)ncnc54)C[C@@H]3OP(=O)(OCOC(=O)OC(C)C)OC[C@H]2O[C@H]1n1ccc(=O)[nH]c1=O. The molecule has 3 fully saturated rings. The molecule has 3 aliphatic rings. The van der Waals surface area contributed by atoms with E-state index in [-0.39, 0.29) is 23.4 Å². The van der Waals surface area contributed by atoms with E-state index in [0.717, 1.165) is 16.8 Å². The summed E-state index contributed by atoms with van der Waals surface area (Å²) in [5.41, 5.74) is 4.93. The van der Waals surface area contributed by atoms with Gasteiger partial charge in [-0.2, -0.15) is 0 Å². The summed E-state index contributed by atoms with van der Waals surface area (Å²) in [4.78, 5) is 63.6. The van der Waals surface area contributed by atoms with Crippen molar-refractivity contribution in [2.75, 3.05) is 38.8 Å². The van der Waals surface area contributed by atoms with Crippen molar-refractivity contribution in [2.45, 2.75) is 89.3 Å². The number of nitrogens with one attached hydrogen (secondary N) is 1. The van der Waals surface area contributed by atoms with Gasteiger partial charge in [-0.15, -0.1) is 0 Å². The largest absolute Gasteiger partial charge is 0.510 e. The molecule has 25 nitrogen and oxygen atoms in total. The van der Waals surface area contributed by atoms with E-state index in [2.05, 4.69) is 19.9 Å². The summed E-state index contributed by atoms with van der Waals surface area (Å²) >= 11 is 0.461. The Morgan fingerprint density at radius 1 is 0.966 bits per heavy atom. The van der Waals surface area contributed by atoms with Gasteiger partial charge < -0.3 is 38.9 Å². The van der Waals surface area contributed by atoms with Crippen LogP contribution in [0.5, 0.6) is 0 Å². The Labute approximate surface area is 332 Å². The minimum Gasteiger partial charge on any atom is -0.432 e. The first-order chi connectivity index (χ1) is 27.6. The number of ether oxygens (including phenoxy) is 7. The molecule has 320 valence electrons. The van der Waals surface area contributed by atoms with Gasteiger partial charge >= 0.3 is 32.6 Å². The molecular weight excluding hydrogens is 840 g/mol. The zero-order chi connectivity index (χ0) is 41.8. The fourth-order valence-corrected chi connectivity index (χ4v) is 9.91. The Hall–Kier alpha value is -3.94. The van der Waals surface area contributed by atoms with Crippen LogP contribution in [-0.2, 0) is 64.9 Å². The average Bonchev–Trinajstić information content (AvgIpc) is 3.84. The van der Waals surface area contributed by atoms with Crippen LogP contribution in [0.15, 0.2) is 34.5 Å². The Kier molecular flexibility index (Phi) is 14.0. The molecule has 9 atom stereocenters. The number of rotatable bonds is 11. The molecule has 0 saturated carbocycles. The molecule has 3 aromatic rings. The quantitative estimate of drug-likeness (QED) is 0.159. The van der Waals surface area contributed by atoms with E-state index in [1.54, 1.807) is 27.7 Å². The second kappa shape index (κ2) is 18.5. The van der Waals surface area contributed by atoms with E-state index in [4.69, 9.17) is 61.5 Å². The Bertz CT molecular complexity index is 2150. The van der Waals surface area contributed by atoms with Gasteiger partial charge in [-0.3, -0.25) is 37.0 Å². The van der Waals surface area contributed by atoms with Gasteiger partial charge in [0, 0.05) is 37.2 Å². The number of nitrogen functional groups attached to an aromatic ring is 1. The summed E-state index contributed by atoms with van der Waals surface area (Å²) in [5, 5.41) is 0. The van der Waals surface area contributed by atoms with Gasteiger partial charge in [-0.25, -0.2) is 43.0 Å². The number of H-pyrrole nitrogens is 1. The van der Waals surface area contributed by atoms with E-state index in [1.807, 2.05) is 0 Å². The van der Waals surface area contributed by atoms with Crippen LogP contribution in [-0.4, -0.2) is 117 Å². The molecule has 2 unspecified atom stereocenters. The molecule has 6 heterocycles. The van der Waals surface area contributed by atoms with Crippen molar-refractivity contribution in [1.82, 2.24) is 29.1 Å². The normalized spacial score (nSPS) is 30.3. The second-order valence-electron chi connectivity index (χ2n) is 13.0. The van der Waals surface area contributed by atoms with Gasteiger partial charge in [-0.05, 0) is 27.7 Å². The van der Waals surface area contributed by atoms with Gasteiger partial charge in [0.1, 0.15) is 48.6 Å². The lowest BCUT2D eigenvalue weighted by Crippen LogP contribution is -2.40. The molecule has 0 amide bonds. The number of phosphoric ester groups is 1. The molecule has 0 spiro atoms.